The zero-order chi connectivity index (χ0) is 12.2. The van der Waals surface area contributed by atoms with Crippen LogP contribution in [-0.2, 0) is 4.74 Å². The fraction of sp³-hybridized carbons (Fsp3) is 1.00. The van der Waals surface area contributed by atoms with Gasteiger partial charge in [0.2, 0.25) is 0 Å². The quantitative estimate of drug-likeness (QED) is 0.545. The van der Waals surface area contributed by atoms with Crippen LogP contribution in [0.3, 0.4) is 0 Å². The second kappa shape index (κ2) is 11.4. The van der Waals surface area contributed by atoms with Gasteiger partial charge in [0.15, 0.2) is 0 Å². The molecule has 16 heavy (non-hydrogen) atoms. The molecule has 2 heteroatoms. The summed E-state index contributed by atoms with van der Waals surface area (Å²) in [4.78, 5) is 0. The standard InChI is InChI=1S/C14H31NO/c1-5-7-8-9-11-13(3)16-14(10-6-2)12-15-4/h13-15H,5-12H2,1-4H3. The number of rotatable bonds is 11. The highest BCUT2D eigenvalue weighted by atomic mass is 16.5. The Bertz CT molecular complexity index is 133. The van der Waals surface area contributed by atoms with Gasteiger partial charge >= 0.3 is 0 Å². The summed E-state index contributed by atoms with van der Waals surface area (Å²) in [6.45, 7) is 7.67. The van der Waals surface area contributed by atoms with Gasteiger partial charge in [-0.2, -0.15) is 0 Å². The van der Waals surface area contributed by atoms with Gasteiger partial charge in [-0.25, -0.2) is 0 Å². The largest absolute Gasteiger partial charge is 0.374 e. The molecule has 0 rings (SSSR count). The second-order valence-corrected chi connectivity index (χ2v) is 4.76. The predicted octanol–water partition coefficient (Wildman–Crippen LogP) is 3.75. The molecular formula is C14H31NO. The third kappa shape index (κ3) is 9.17. The van der Waals surface area contributed by atoms with Crippen LogP contribution in [0.15, 0.2) is 0 Å². The number of nitrogens with one attached hydrogen (secondary N) is 1. The van der Waals surface area contributed by atoms with Gasteiger partial charge in [0.05, 0.1) is 12.2 Å². The summed E-state index contributed by atoms with van der Waals surface area (Å²) in [7, 11) is 2.00. The van der Waals surface area contributed by atoms with Crippen molar-refractivity contribution in [2.24, 2.45) is 0 Å². The fourth-order valence-electron chi connectivity index (χ4n) is 2.02. The minimum atomic E-state index is 0.399. The van der Waals surface area contributed by atoms with E-state index in [9.17, 15) is 0 Å². The first-order chi connectivity index (χ1) is 7.74. The highest BCUT2D eigenvalue weighted by Crippen LogP contribution is 2.11. The molecule has 0 bridgehead atoms. The first-order valence-electron chi connectivity index (χ1n) is 7.04. The Kier molecular flexibility index (Phi) is 11.3. The van der Waals surface area contributed by atoms with Crippen molar-refractivity contribution in [3.63, 3.8) is 0 Å². The Labute approximate surface area is 102 Å². The molecule has 0 heterocycles. The lowest BCUT2D eigenvalue weighted by molar-refractivity contribution is -0.0100. The monoisotopic (exact) mass is 229 g/mol. The van der Waals surface area contributed by atoms with Gasteiger partial charge in [-0.3, -0.25) is 0 Å². The molecule has 0 aliphatic heterocycles. The molecule has 0 saturated carbocycles. The molecule has 98 valence electrons. The number of likely N-dealkylation sites (N-methyl/N-ethyl adjacent to an activating group) is 1. The van der Waals surface area contributed by atoms with Crippen LogP contribution in [0.1, 0.15) is 65.7 Å². The van der Waals surface area contributed by atoms with Crippen LogP contribution in [-0.4, -0.2) is 25.8 Å². The molecule has 0 aromatic heterocycles. The minimum Gasteiger partial charge on any atom is -0.374 e. The van der Waals surface area contributed by atoms with E-state index in [-0.39, 0.29) is 0 Å². The Morgan fingerprint density at radius 2 is 1.75 bits per heavy atom. The lowest BCUT2D eigenvalue weighted by Gasteiger charge is -2.22. The van der Waals surface area contributed by atoms with Crippen molar-refractivity contribution in [2.45, 2.75) is 77.9 Å². The van der Waals surface area contributed by atoms with Gasteiger partial charge in [0, 0.05) is 6.54 Å². The minimum absolute atomic E-state index is 0.399. The van der Waals surface area contributed by atoms with Crippen LogP contribution in [0.2, 0.25) is 0 Å². The Morgan fingerprint density at radius 3 is 2.31 bits per heavy atom. The molecule has 0 amide bonds. The molecule has 0 radical (unpaired) electrons. The van der Waals surface area contributed by atoms with E-state index in [2.05, 4.69) is 26.1 Å². The normalized spacial score (nSPS) is 15.0. The van der Waals surface area contributed by atoms with E-state index in [0.29, 0.717) is 12.2 Å². The van der Waals surface area contributed by atoms with Crippen molar-refractivity contribution in [1.82, 2.24) is 5.32 Å². The molecule has 0 aliphatic rings. The van der Waals surface area contributed by atoms with Crippen LogP contribution in [0.4, 0.5) is 0 Å². The van der Waals surface area contributed by atoms with Crippen LogP contribution < -0.4 is 5.32 Å². The Hall–Kier alpha value is -0.0800. The summed E-state index contributed by atoms with van der Waals surface area (Å²) in [5.74, 6) is 0. The summed E-state index contributed by atoms with van der Waals surface area (Å²) >= 11 is 0. The molecule has 2 atom stereocenters. The first kappa shape index (κ1) is 15.9. The van der Waals surface area contributed by atoms with E-state index in [1.807, 2.05) is 7.05 Å². The van der Waals surface area contributed by atoms with Crippen LogP contribution in [0.25, 0.3) is 0 Å². The molecule has 0 aromatic rings. The first-order valence-corrected chi connectivity index (χ1v) is 7.04. The summed E-state index contributed by atoms with van der Waals surface area (Å²) in [6.07, 6.45) is 9.74. The molecule has 1 N–H and O–H groups in total. The number of unbranched alkanes of at least 4 members (excludes halogenated alkanes) is 3. The van der Waals surface area contributed by atoms with Gasteiger partial charge < -0.3 is 10.1 Å². The SMILES string of the molecule is CCCCCCC(C)OC(CCC)CNC. The van der Waals surface area contributed by atoms with Crippen molar-refractivity contribution in [2.75, 3.05) is 13.6 Å². The summed E-state index contributed by atoms with van der Waals surface area (Å²) in [5, 5.41) is 3.21. The maximum absolute atomic E-state index is 6.05. The molecule has 0 aromatic carbocycles. The highest BCUT2D eigenvalue weighted by Gasteiger charge is 2.11. The summed E-state index contributed by atoms with van der Waals surface area (Å²) < 4.78 is 6.05. The van der Waals surface area contributed by atoms with Crippen molar-refractivity contribution in [1.29, 1.82) is 0 Å². The lowest BCUT2D eigenvalue weighted by Crippen LogP contribution is -2.29. The van der Waals surface area contributed by atoms with Crippen LogP contribution in [0, 0.1) is 0 Å². The zero-order valence-corrected chi connectivity index (χ0v) is 11.7. The van der Waals surface area contributed by atoms with E-state index in [1.54, 1.807) is 0 Å². The topological polar surface area (TPSA) is 21.3 Å². The van der Waals surface area contributed by atoms with Crippen molar-refractivity contribution >= 4 is 0 Å². The van der Waals surface area contributed by atoms with E-state index in [4.69, 9.17) is 4.74 Å². The molecule has 0 saturated heterocycles. The third-order valence-electron chi connectivity index (χ3n) is 2.93. The van der Waals surface area contributed by atoms with Gasteiger partial charge in [-0.05, 0) is 26.8 Å². The molecule has 0 fully saturated rings. The van der Waals surface area contributed by atoms with Gasteiger partial charge in [0.25, 0.3) is 0 Å². The number of hydrogen-bond donors (Lipinski definition) is 1. The third-order valence-corrected chi connectivity index (χ3v) is 2.93. The molecule has 0 aliphatic carbocycles. The van der Waals surface area contributed by atoms with E-state index < -0.39 is 0 Å². The summed E-state index contributed by atoms with van der Waals surface area (Å²) in [6, 6.07) is 0. The maximum atomic E-state index is 6.05. The number of hydrogen-bond acceptors (Lipinski definition) is 2. The van der Waals surface area contributed by atoms with Gasteiger partial charge in [0.1, 0.15) is 0 Å². The molecule has 2 unspecified atom stereocenters. The Balaban J connectivity index is 3.59. The molecule has 2 nitrogen and oxygen atoms in total. The number of ether oxygens (including phenoxy) is 1. The van der Waals surface area contributed by atoms with E-state index >= 15 is 0 Å². The van der Waals surface area contributed by atoms with Gasteiger partial charge in [-0.1, -0.05) is 46.0 Å². The average Bonchev–Trinajstić information content (AvgIpc) is 2.25. The fourth-order valence-corrected chi connectivity index (χ4v) is 2.02. The zero-order valence-electron chi connectivity index (χ0n) is 11.7. The maximum Gasteiger partial charge on any atom is 0.0702 e. The van der Waals surface area contributed by atoms with Crippen LogP contribution in [0.5, 0.6) is 0 Å². The predicted molar refractivity (Wildman–Crippen MR) is 71.9 cm³/mol. The van der Waals surface area contributed by atoms with E-state index in [1.165, 1.54) is 44.9 Å². The van der Waals surface area contributed by atoms with Crippen LogP contribution >= 0.6 is 0 Å². The van der Waals surface area contributed by atoms with Crippen molar-refractivity contribution in [3.05, 3.63) is 0 Å². The Morgan fingerprint density at radius 1 is 1.00 bits per heavy atom. The van der Waals surface area contributed by atoms with E-state index in [0.717, 1.165) is 6.54 Å². The highest BCUT2D eigenvalue weighted by molar-refractivity contribution is 4.62. The van der Waals surface area contributed by atoms with Gasteiger partial charge in [-0.15, -0.1) is 0 Å². The molecular weight excluding hydrogens is 198 g/mol. The van der Waals surface area contributed by atoms with Crippen molar-refractivity contribution < 1.29 is 4.74 Å². The second-order valence-electron chi connectivity index (χ2n) is 4.76. The molecule has 0 spiro atoms. The average molecular weight is 229 g/mol. The smallest absolute Gasteiger partial charge is 0.0702 e. The summed E-state index contributed by atoms with van der Waals surface area (Å²) in [5.41, 5.74) is 0. The van der Waals surface area contributed by atoms with Crippen molar-refractivity contribution in [3.8, 4) is 0 Å². The lowest BCUT2D eigenvalue weighted by atomic mass is 10.1.